The van der Waals surface area contributed by atoms with Crippen LogP contribution in [0.1, 0.15) is 30.5 Å². The van der Waals surface area contributed by atoms with Crippen LogP contribution in [0.3, 0.4) is 0 Å². The van der Waals surface area contributed by atoms with Crippen molar-refractivity contribution in [3.8, 4) is 0 Å². The molecular formula is C26H23BrN2O3. The summed E-state index contributed by atoms with van der Waals surface area (Å²) >= 11 is 3.37. The maximum atomic E-state index is 13.5. The Kier molecular flexibility index (Phi) is 6.51. The second-order valence-electron chi connectivity index (χ2n) is 7.81. The van der Waals surface area contributed by atoms with Crippen molar-refractivity contribution < 1.29 is 14.4 Å². The molecule has 1 heterocycles. The van der Waals surface area contributed by atoms with E-state index in [1.807, 2.05) is 67.6 Å². The van der Waals surface area contributed by atoms with E-state index in [0.29, 0.717) is 5.69 Å². The standard InChI is InChI=1S/C26H23BrN2O3/c1-18(20-10-6-3-7-11-20)28(24(30)16-19-8-4-2-5-9-19)23-17-25(31)29(26(23)32)22-14-12-21(27)13-15-22/h2-15,18,23H,16-17H2,1H3. The average Bonchev–Trinajstić information content (AvgIpc) is 3.09. The molecule has 0 aromatic heterocycles. The average molecular weight is 491 g/mol. The quantitative estimate of drug-likeness (QED) is 0.461. The van der Waals surface area contributed by atoms with Crippen LogP contribution in [-0.2, 0) is 20.8 Å². The number of hydrogen-bond donors (Lipinski definition) is 0. The lowest BCUT2D eigenvalue weighted by Gasteiger charge is -2.34. The van der Waals surface area contributed by atoms with Crippen LogP contribution in [0.5, 0.6) is 0 Å². The van der Waals surface area contributed by atoms with Crippen molar-refractivity contribution in [2.45, 2.75) is 31.8 Å². The lowest BCUT2D eigenvalue weighted by atomic mass is 10.0. The fourth-order valence-electron chi connectivity index (χ4n) is 4.11. The molecule has 0 bridgehead atoms. The van der Waals surface area contributed by atoms with Gasteiger partial charge in [0.2, 0.25) is 11.8 Å². The molecule has 3 amide bonds. The number of carbonyl (C=O) groups is 3. The van der Waals surface area contributed by atoms with Gasteiger partial charge in [-0.25, -0.2) is 4.90 Å². The first-order chi connectivity index (χ1) is 15.5. The third-order valence-electron chi connectivity index (χ3n) is 5.73. The number of carbonyl (C=O) groups excluding carboxylic acids is 3. The van der Waals surface area contributed by atoms with Gasteiger partial charge in [0.15, 0.2) is 0 Å². The number of rotatable bonds is 6. The molecule has 162 valence electrons. The van der Waals surface area contributed by atoms with Crippen molar-refractivity contribution in [1.82, 2.24) is 4.90 Å². The van der Waals surface area contributed by atoms with Gasteiger partial charge in [0.25, 0.3) is 5.91 Å². The summed E-state index contributed by atoms with van der Waals surface area (Å²) in [6.45, 7) is 1.90. The molecule has 3 aromatic rings. The molecule has 1 fully saturated rings. The van der Waals surface area contributed by atoms with E-state index in [-0.39, 0.29) is 36.6 Å². The van der Waals surface area contributed by atoms with E-state index in [2.05, 4.69) is 15.9 Å². The molecule has 32 heavy (non-hydrogen) atoms. The van der Waals surface area contributed by atoms with Crippen LogP contribution >= 0.6 is 15.9 Å². The molecular weight excluding hydrogens is 468 g/mol. The highest BCUT2D eigenvalue weighted by molar-refractivity contribution is 9.10. The molecule has 0 saturated carbocycles. The second-order valence-corrected chi connectivity index (χ2v) is 8.73. The molecule has 4 rings (SSSR count). The van der Waals surface area contributed by atoms with Gasteiger partial charge in [0.1, 0.15) is 6.04 Å². The summed E-state index contributed by atoms with van der Waals surface area (Å²) in [5.41, 5.74) is 2.29. The minimum Gasteiger partial charge on any atom is -0.323 e. The molecule has 0 aliphatic carbocycles. The Bertz CT molecular complexity index is 1120. The highest BCUT2D eigenvalue weighted by atomic mass is 79.9. The third kappa shape index (κ3) is 4.50. The van der Waals surface area contributed by atoms with Gasteiger partial charge >= 0.3 is 0 Å². The molecule has 0 spiro atoms. The third-order valence-corrected chi connectivity index (χ3v) is 6.26. The van der Waals surface area contributed by atoms with Gasteiger partial charge in [-0.05, 0) is 42.3 Å². The highest BCUT2D eigenvalue weighted by Crippen LogP contribution is 2.32. The summed E-state index contributed by atoms with van der Waals surface area (Å²) in [5, 5.41) is 0. The zero-order valence-corrected chi connectivity index (χ0v) is 19.2. The molecule has 0 N–H and O–H groups in total. The molecule has 6 heteroatoms. The summed E-state index contributed by atoms with van der Waals surface area (Å²) in [4.78, 5) is 42.6. The Morgan fingerprint density at radius 3 is 2.19 bits per heavy atom. The molecule has 0 radical (unpaired) electrons. The van der Waals surface area contributed by atoms with Crippen molar-refractivity contribution in [3.05, 3.63) is 101 Å². The molecule has 3 aromatic carbocycles. The van der Waals surface area contributed by atoms with Crippen LogP contribution in [0.25, 0.3) is 0 Å². The SMILES string of the molecule is CC(c1ccccc1)N(C(=O)Cc1ccccc1)C1CC(=O)N(c2ccc(Br)cc2)C1=O. The Balaban J connectivity index is 1.67. The Hall–Kier alpha value is -3.25. The van der Waals surface area contributed by atoms with E-state index in [1.165, 1.54) is 4.90 Å². The molecule has 5 nitrogen and oxygen atoms in total. The maximum Gasteiger partial charge on any atom is 0.257 e. The van der Waals surface area contributed by atoms with Crippen molar-refractivity contribution in [1.29, 1.82) is 0 Å². The highest BCUT2D eigenvalue weighted by Gasteiger charge is 2.45. The van der Waals surface area contributed by atoms with Gasteiger partial charge in [-0.3, -0.25) is 14.4 Å². The van der Waals surface area contributed by atoms with Crippen LogP contribution in [-0.4, -0.2) is 28.7 Å². The summed E-state index contributed by atoms with van der Waals surface area (Å²) in [6.07, 6.45) is 0.126. The molecule has 2 atom stereocenters. The summed E-state index contributed by atoms with van der Waals surface area (Å²) < 4.78 is 0.856. The fourth-order valence-corrected chi connectivity index (χ4v) is 4.37. The number of hydrogen-bond acceptors (Lipinski definition) is 3. The normalized spacial score (nSPS) is 16.8. The summed E-state index contributed by atoms with van der Waals surface area (Å²) in [7, 11) is 0. The van der Waals surface area contributed by atoms with E-state index in [9.17, 15) is 14.4 Å². The van der Waals surface area contributed by atoms with Gasteiger partial charge in [-0.1, -0.05) is 76.6 Å². The van der Waals surface area contributed by atoms with Gasteiger partial charge in [0.05, 0.1) is 24.6 Å². The molecule has 1 saturated heterocycles. The zero-order chi connectivity index (χ0) is 22.7. The van der Waals surface area contributed by atoms with E-state index in [0.717, 1.165) is 15.6 Å². The minimum absolute atomic E-state index is 0.0351. The topological polar surface area (TPSA) is 57.7 Å². The molecule has 1 aliphatic heterocycles. The molecule has 2 unspecified atom stereocenters. The fraction of sp³-hybridized carbons (Fsp3) is 0.192. The van der Waals surface area contributed by atoms with Crippen LogP contribution in [0, 0.1) is 0 Å². The molecule has 1 aliphatic rings. The maximum absolute atomic E-state index is 13.5. The number of benzene rings is 3. The lowest BCUT2D eigenvalue weighted by molar-refractivity contribution is -0.140. The van der Waals surface area contributed by atoms with Crippen molar-refractivity contribution in [2.24, 2.45) is 0 Å². The predicted octanol–water partition coefficient (Wildman–Crippen LogP) is 4.91. The lowest BCUT2D eigenvalue weighted by Crippen LogP contribution is -2.47. The largest absolute Gasteiger partial charge is 0.323 e. The first-order valence-corrected chi connectivity index (χ1v) is 11.3. The van der Waals surface area contributed by atoms with E-state index in [1.54, 1.807) is 29.2 Å². The van der Waals surface area contributed by atoms with Crippen molar-refractivity contribution in [2.75, 3.05) is 4.90 Å². The number of halogens is 1. The van der Waals surface area contributed by atoms with Gasteiger partial charge < -0.3 is 4.90 Å². The predicted molar refractivity (Wildman–Crippen MR) is 127 cm³/mol. The van der Waals surface area contributed by atoms with Crippen LogP contribution in [0.4, 0.5) is 5.69 Å². The van der Waals surface area contributed by atoms with Crippen LogP contribution in [0.15, 0.2) is 89.4 Å². The number of nitrogens with zero attached hydrogens (tertiary/aromatic N) is 2. The number of anilines is 1. The van der Waals surface area contributed by atoms with Gasteiger partial charge in [-0.15, -0.1) is 0 Å². The van der Waals surface area contributed by atoms with E-state index >= 15 is 0 Å². The zero-order valence-electron chi connectivity index (χ0n) is 17.6. The van der Waals surface area contributed by atoms with Crippen molar-refractivity contribution in [3.63, 3.8) is 0 Å². The summed E-state index contributed by atoms with van der Waals surface area (Å²) in [5.74, 6) is -0.863. The van der Waals surface area contributed by atoms with Gasteiger partial charge in [0, 0.05) is 4.47 Å². The number of imide groups is 1. The van der Waals surface area contributed by atoms with Gasteiger partial charge in [-0.2, -0.15) is 0 Å². The Labute approximate surface area is 195 Å². The Morgan fingerprint density at radius 1 is 0.969 bits per heavy atom. The first-order valence-electron chi connectivity index (χ1n) is 10.5. The monoisotopic (exact) mass is 490 g/mol. The van der Waals surface area contributed by atoms with Crippen LogP contribution in [0.2, 0.25) is 0 Å². The first kappa shape index (κ1) is 22.0. The summed E-state index contributed by atoms with van der Waals surface area (Å²) in [6, 6.07) is 24.8. The minimum atomic E-state index is -0.849. The van der Waals surface area contributed by atoms with E-state index < -0.39 is 6.04 Å². The smallest absolute Gasteiger partial charge is 0.257 e. The van der Waals surface area contributed by atoms with Crippen LogP contribution < -0.4 is 4.90 Å². The number of amides is 3. The van der Waals surface area contributed by atoms with E-state index in [4.69, 9.17) is 0 Å². The Morgan fingerprint density at radius 2 is 1.56 bits per heavy atom. The van der Waals surface area contributed by atoms with Crippen molar-refractivity contribution >= 4 is 39.3 Å². The second kappa shape index (κ2) is 9.49.